The fourth-order valence-electron chi connectivity index (χ4n) is 1.63. The van der Waals surface area contributed by atoms with E-state index < -0.39 is 4.92 Å². The minimum Gasteiger partial charge on any atom is -0.506 e. The molecular formula is C14H11ClN2O3. The molecule has 0 saturated carbocycles. The summed E-state index contributed by atoms with van der Waals surface area (Å²) in [5, 5.41) is 20.8. The third-order valence-corrected chi connectivity index (χ3v) is 3.01. The van der Waals surface area contributed by atoms with Crippen LogP contribution in [0.15, 0.2) is 41.4 Å². The lowest BCUT2D eigenvalue weighted by Crippen LogP contribution is -1.90. The number of nitrogens with zero attached hydrogens (tertiary/aromatic N) is 2. The van der Waals surface area contributed by atoms with Crippen molar-refractivity contribution in [3.05, 3.63) is 62.7 Å². The van der Waals surface area contributed by atoms with Crippen LogP contribution in [0.1, 0.15) is 11.1 Å². The predicted molar refractivity (Wildman–Crippen MR) is 78.2 cm³/mol. The second-order valence-corrected chi connectivity index (χ2v) is 4.62. The molecule has 0 saturated heterocycles. The van der Waals surface area contributed by atoms with Crippen LogP contribution >= 0.6 is 11.6 Å². The van der Waals surface area contributed by atoms with Gasteiger partial charge < -0.3 is 5.11 Å². The number of hydrogen-bond acceptors (Lipinski definition) is 4. The lowest BCUT2D eigenvalue weighted by Gasteiger charge is -2.01. The summed E-state index contributed by atoms with van der Waals surface area (Å²) in [6, 6.07) is 9.14. The Morgan fingerprint density at radius 1 is 1.30 bits per heavy atom. The summed E-state index contributed by atoms with van der Waals surface area (Å²) in [6.45, 7) is 1.85. The van der Waals surface area contributed by atoms with Crippen molar-refractivity contribution < 1.29 is 10.0 Å². The Balaban J connectivity index is 2.35. The van der Waals surface area contributed by atoms with Gasteiger partial charge in [0, 0.05) is 28.9 Å². The first kappa shape index (κ1) is 14.0. The van der Waals surface area contributed by atoms with Crippen molar-refractivity contribution in [3.63, 3.8) is 0 Å². The summed E-state index contributed by atoms with van der Waals surface area (Å²) in [6.07, 6.45) is 1.39. The predicted octanol–water partition coefficient (Wildman–Crippen LogP) is 4.01. The quantitative estimate of drug-likeness (QED) is 0.527. The number of phenolic OH excluding ortho intramolecular Hbond substituents is 1. The first-order chi connectivity index (χ1) is 9.47. The molecule has 6 heteroatoms. The first-order valence-electron chi connectivity index (χ1n) is 5.75. The van der Waals surface area contributed by atoms with E-state index in [9.17, 15) is 15.2 Å². The molecule has 20 heavy (non-hydrogen) atoms. The minimum absolute atomic E-state index is 0.0443. The lowest BCUT2D eigenvalue weighted by atomic mass is 10.2. The third kappa shape index (κ3) is 3.13. The van der Waals surface area contributed by atoms with E-state index >= 15 is 0 Å². The van der Waals surface area contributed by atoms with Crippen molar-refractivity contribution in [1.29, 1.82) is 0 Å². The van der Waals surface area contributed by atoms with Crippen LogP contribution in [-0.4, -0.2) is 16.2 Å². The fraction of sp³-hybridized carbons (Fsp3) is 0.0714. The van der Waals surface area contributed by atoms with Crippen molar-refractivity contribution in [1.82, 2.24) is 0 Å². The number of halogens is 1. The number of nitro groups is 1. The SMILES string of the molecule is Cc1ccc(N=Cc2cc([N+](=O)[O-])ccc2Cl)c(O)c1. The van der Waals surface area contributed by atoms with Crippen molar-refractivity contribution in [2.75, 3.05) is 0 Å². The molecule has 0 aliphatic carbocycles. The normalized spacial score (nSPS) is 10.9. The average Bonchev–Trinajstić information content (AvgIpc) is 2.39. The fourth-order valence-corrected chi connectivity index (χ4v) is 1.79. The Bertz CT molecular complexity index is 699. The number of nitro benzene ring substituents is 1. The van der Waals surface area contributed by atoms with E-state index in [0.717, 1.165) is 5.56 Å². The molecule has 0 aliphatic rings. The topological polar surface area (TPSA) is 75.7 Å². The van der Waals surface area contributed by atoms with Gasteiger partial charge in [0.05, 0.1) is 4.92 Å². The van der Waals surface area contributed by atoms with Gasteiger partial charge in [-0.2, -0.15) is 0 Å². The molecular weight excluding hydrogens is 280 g/mol. The molecule has 2 aromatic rings. The average molecular weight is 291 g/mol. The van der Waals surface area contributed by atoms with E-state index in [1.165, 1.54) is 24.4 Å². The van der Waals surface area contributed by atoms with E-state index in [-0.39, 0.29) is 11.4 Å². The van der Waals surface area contributed by atoms with Gasteiger partial charge in [-0.1, -0.05) is 17.7 Å². The molecule has 2 rings (SSSR count). The number of hydrogen-bond donors (Lipinski definition) is 1. The summed E-state index contributed by atoms with van der Waals surface area (Å²) in [4.78, 5) is 14.3. The van der Waals surface area contributed by atoms with Crippen molar-refractivity contribution in [2.24, 2.45) is 4.99 Å². The molecule has 0 fully saturated rings. The Morgan fingerprint density at radius 2 is 2.05 bits per heavy atom. The summed E-state index contributed by atoms with van der Waals surface area (Å²) in [7, 11) is 0. The van der Waals surface area contributed by atoms with Crippen LogP contribution in [0.3, 0.4) is 0 Å². The number of aromatic hydroxyl groups is 1. The molecule has 0 bridgehead atoms. The lowest BCUT2D eigenvalue weighted by molar-refractivity contribution is -0.384. The van der Waals surface area contributed by atoms with Crippen LogP contribution in [-0.2, 0) is 0 Å². The van der Waals surface area contributed by atoms with Gasteiger partial charge >= 0.3 is 0 Å². The molecule has 0 aliphatic heterocycles. The molecule has 0 amide bonds. The number of benzene rings is 2. The maximum absolute atomic E-state index is 10.7. The van der Waals surface area contributed by atoms with E-state index in [0.29, 0.717) is 16.3 Å². The van der Waals surface area contributed by atoms with Gasteiger partial charge in [0.1, 0.15) is 11.4 Å². The highest BCUT2D eigenvalue weighted by atomic mass is 35.5. The van der Waals surface area contributed by atoms with E-state index in [4.69, 9.17) is 11.6 Å². The number of non-ortho nitro benzene ring substituents is 1. The second-order valence-electron chi connectivity index (χ2n) is 4.21. The summed E-state index contributed by atoms with van der Waals surface area (Å²) < 4.78 is 0. The third-order valence-electron chi connectivity index (χ3n) is 2.66. The zero-order chi connectivity index (χ0) is 14.7. The molecule has 0 atom stereocenters. The van der Waals surface area contributed by atoms with Crippen molar-refractivity contribution in [3.8, 4) is 5.75 Å². The molecule has 2 aromatic carbocycles. The molecule has 0 aromatic heterocycles. The largest absolute Gasteiger partial charge is 0.506 e. The van der Waals surface area contributed by atoms with Crippen molar-refractivity contribution >= 4 is 29.2 Å². The number of aliphatic imine (C=N–C) groups is 1. The Labute approximate surface area is 120 Å². The zero-order valence-electron chi connectivity index (χ0n) is 10.6. The van der Waals surface area contributed by atoms with Crippen LogP contribution < -0.4 is 0 Å². The number of phenols is 1. The molecule has 0 radical (unpaired) electrons. The molecule has 0 spiro atoms. The molecule has 102 valence electrons. The Kier molecular flexibility index (Phi) is 4.00. The maximum atomic E-state index is 10.7. The van der Waals surface area contributed by atoms with Gasteiger partial charge in [-0.25, -0.2) is 0 Å². The number of aryl methyl sites for hydroxylation is 1. The highest BCUT2D eigenvalue weighted by Gasteiger charge is 2.08. The maximum Gasteiger partial charge on any atom is 0.270 e. The molecule has 5 nitrogen and oxygen atoms in total. The molecule has 1 N–H and O–H groups in total. The Morgan fingerprint density at radius 3 is 2.70 bits per heavy atom. The second kappa shape index (κ2) is 5.71. The van der Waals surface area contributed by atoms with Crippen LogP contribution in [0.25, 0.3) is 0 Å². The van der Waals surface area contributed by atoms with Crippen LogP contribution in [0.5, 0.6) is 5.75 Å². The van der Waals surface area contributed by atoms with Gasteiger partial charge in [-0.3, -0.25) is 15.1 Å². The highest BCUT2D eigenvalue weighted by molar-refractivity contribution is 6.33. The van der Waals surface area contributed by atoms with Crippen LogP contribution in [0, 0.1) is 17.0 Å². The minimum atomic E-state index is -0.503. The summed E-state index contributed by atoms with van der Waals surface area (Å²) in [5.41, 5.74) is 1.64. The highest BCUT2D eigenvalue weighted by Crippen LogP contribution is 2.27. The van der Waals surface area contributed by atoms with Crippen LogP contribution in [0.4, 0.5) is 11.4 Å². The van der Waals surface area contributed by atoms with Gasteiger partial charge in [-0.15, -0.1) is 0 Å². The van der Waals surface area contributed by atoms with E-state index in [1.54, 1.807) is 18.2 Å². The van der Waals surface area contributed by atoms with Gasteiger partial charge in [0.15, 0.2) is 0 Å². The first-order valence-corrected chi connectivity index (χ1v) is 6.13. The summed E-state index contributed by atoms with van der Waals surface area (Å²) >= 11 is 5.96. The zero-order valence-corrected chi connectivity index (χ0v) is 11.3. The van der Waals surface area contributed by atoms with Crippen LogP contribution in [0.2, 0.25) is 5.02 Å². The number of rotatable bonds is 3. The Hall–Kier alpha value is -2.40. The van der Waals surface area contributed by atoms with Crippen molar-refractivity contribution in [2.45, 2.75) is 6.92 Å². The smallest absolute Gasteiger partial charge is 0.270 e. The molecule has 0 unspecified atom stereocenters. The monoisotopic (exact) mass is 290 g/mol. The standard InChI is InChI=1S/C14H11ClN2O3/c1-9-2-5-13(14(18)6-9)16-8-10-7-11(17(19)20)3-4-12(10)15/h2-8,18H,1H3. The molecule has 0 heterocycles. The van der Waals surface area contributed by atoms with E-state index in [2.05, 4.69) is 4.99 Å². The van der Waals surface area contributed by atoms with Gasteiger partial charge in [0.25, 0.3) is 5.69 Å². The van der Waals surface area contributed by atoms with Gasteiger partial charge in [0.2, 0.25) is 0 Å². The van der Waals surface area contributed by atoms with E-state index in [1.807, 2.05) is 6.92 Å². The van der Waals surface area contributed by atoms with Gasteiger partial charge in [-0.05, 0) is 30.7 Å². The summed E-state index contributed by atoms with van der Waals surface area (Å²) in [5.74, 6) is 0.0443.